The number of aromatic nitrogens is 1. The van der Waals surface area contributed by atoms with Crippen LogP contribution in [0.3, 0.4) is 0 Å². The Morgan fingerprint density at radius 2 is 1.30 bits per heavy atom. The third-order valence-corrected chi connectivity index (χ3v) is 19.4. The Labute approximate surface area is 449 Å². The van der Waals surface area contributed by atoms with Gasteiger partial charge in [0.15, 0.2) is 12.3 Å². The fourth-order valence-corrected chi connectivity index (χ4v) is 15.2. The van der Waals surface area contributed by atoms with Gasteiger partial charge in [-0.1, -0.05) is 136 Å². The Kier molecular flexibility index (Phi) is 21.4. The molecule has 12 heteroatoms. The number of aliphatic carboxylic acids is 1. The lowest BCUT2D eigenvalue weighted by molar-refractivity contribution is -0.132. The SMILES string of the molecule is CCCCCCc1cc(-c2sc(-c3sc(-c4ccc5c(c4)CCc4ccccc4N5CC(CC)CCCC)cc3CCCCCC)cc2CCCCCC)sc1C=c1s/c(=C(\C#N)C(=O)O)n(COC=O)c1=O. The van der Waals surface area contributed by atoms with Gasteiger partial charge in [-0.15, -0.1) is 45.3 Å². The van der Waals surface area contributed by atoms with Crippen molar-refractivity contribution in [3.63, 3.8) is 0 Å². The number of carbonyl (C=O) groups excluding carboxylic acids is 1. The summed E-state index contributed by atoms with van der Waals surface area (Å²) in [5, 5.41) is 19.7. The number of rotatable bonds is 29. The molecule has 0 fully saturated rings. The standard InChI is InChI=1S/C61H75N3O5S4/c1-6-11-15-18-25-45-34-54(70-53(45)37-56-59(66)64(40-69-41-65)60(73-56)49(38-62)61(67)68)57-48(27-20-17-13-8-3)36-55(72-57)58-47(26-19-16-12-7-2)35-52(71-58)46-31-32-51-44(33-46)30-29-43-24-21-22-28-50(43)63(51)39-42(10-5)23-14-9-4/h21-22,24,28,31-37,41-42H,6-20,23,25-27,29-30,39-40H2,1-5H3,(H,67,68)/b56-37?,60-49+. The normalized spacial score (nSPS) is 13.4. The van der Waals surface area contributed by atoms with Crippen LogP contribution in [-0.2, 0) is 53.2 Å². The molecule has 7 rings (SSSR count). The molecule has 1 unspecified atom stereocenters. The van der Waals surface area contributed by atoms with Crippen LogP contribution in [0.1, 0.15) is 170 Å². The number of fused-ring (bicyclic) bond motifs is 2. The quantitative estimate of drug-likeness (QED) is 0.0368. The average molecular weight is 1060 g/mol. The molecule has 1 aliphatic rings. The van der Waals surface area contributed by atoms with Crippen molar-refractivity contribution in [3.8, 4) is 36.0 Å². The van der Waals surface area contributed by atoms with E-state index in [2.05, 4.69) is 100 Å². The van der Waals surface area contributed by atoms with Gasteiger partial charge in [-0.2, -0.15) is 5.26 Å². The zero-order chi connectivity index (χ0) is 51.7. The highest BCUT2D eigenvalue weighted by Gasteiger charge is 2.26. The van der Waals surface area contributed by atoms with Crippen LogP contribution < -0.4 is 19.7 Å². The maximum Gasteiger partial charge on any atom is 0.349 e. The van der Waals surface area contributed by atoms with E-state index in [4.69, 9.17) is 4.74 Å². The number of thiophene rings is 3. The molecule has 5 heterocycles. The summed E-state index contributed by atoms with van der Waals surface area (Å²) in [4.78, 5) is 47.3. The summed E-state index contributed by atoms with van der Waals surface area (Å²) in [7, 11) is 0. The lowest BCUT2D eigenvalue weighted by atomic mass is 9.97. The van der Waals surface area contributed by atoms with Gasteiger partial charge in [0.05, 0.1) is 4.53 Å². The second-order valence-corrected chi connectivity index (χ2v) is 23.9. The van der Waals surface area contributed by atoms with Crippen molar-refractivity contribution in [2.75, 3.05) is 11.4 Å². The van der Waals surface area contributed by atoms with Crippen molar-refractivity contribution in [3.05, 3.63) is 113 Å². The molecular formula is C61H75N3O5S4. The maximum atomic E-state index is 13.9. The number of hydrogen-bond acceptors (Lipinski definition) is 10. The number of carbonyl (C=O) groups is 2. The fourth-order valence-electron chi connectivity index (χ4n) is 10.2. The first-order chi connectivity index (χ1) is 35.7. The number of anilines is 2. The predicted molar refractivity (Wildman–Crippen MR) is 309 cm³/mol. The smallest absolute Gasteiger partial charge is 0.349 e. The minimum atomic E-state index is -1.44. The summed E-state index contributed by atoms with van der Waals surface area (Å²) < 4.78 is 6.25. The Balaban J connectivity index is 1.33. The molecule has 0 spiro atoms. The predicted octanol–water partition coefficient (Wildman–Crippen LogP) is 15.6. The molecule has 388 valence electrons. The van der Waals surface area contributed by atoms with E-state index >= 15 is 0 Å². The minimum absolute atomic E-state index is 0.0474. The number of carboxylic acid groups (broad SMARTS) is 1. The molecule has 1 atom stereocenters. The van der Waals surface area contributed by atoms with Crippen molar-refractivity contribution in [1.29, 1.82) is 5.26 Å². The molecule has 0 aliphatic carbocycles. The average Bonchev–Trinajstić information content (AvgIpc) is 4.17. The number of hydrogen-bond donors (Lipinski definition) is 1. The van der Waals surface area contributed by atoms with Crippen molar-refractivity contribution < 1.29 is 19.4 Å². The van der Waals surface area contributed by atoms with Gasteiger partial charge in [-0.05, 0) is 140 Å². The van der Waals surface area contributed by atoms with Gasteiger partial charge in [0, 0.05) is 47.2 Å². The van der Waals surface area contributed by atoms with E-state index in [1.165, 1.54) is 128 Å². The maximum absolute atomic E-state index is 13.9. The van der Waals surface area contributed by atoms with Gasteiger partial charge in [0.25, 0.3) is 12.0 Å². The zero-order valence-electron chi connectivity index (χ0n) is 43.8. The highest BCUT2D eigenvalue weighted by molar-refractivity contribution is 7.27. The number of nitriles is 1. The minimum Gasteiger partial charge on any atom is -0.477 e. The first kappa shape index (κ1) is 55.7. The number of benzene rings is 2. The molecule has 1 aliphatic heterocycles. The second-order valence-electron chi connectivity index (χ2n) is 19.7. The van der Waals surface area contributed by atoms with Crippen LogP contribution in [0, 0.1) is 17.2 Å². The number of carboxylic acids is 1. The highest BCUT2D eigenvalue weighted by Crippen LogP contribution is 2.48. The van der Waals surface area contributed by atoms with Gasteiger partial charge < -0.3 is 14.7 Å². The molecule has 0 saturated carbocycles. The largest absolute Gasteiger partial charge is 0.477 e. The summed E-state index contributed by atoms with van der Waals surface area (Å²) in [5.41, 5.74) is 9.77. The number of para-hydroxylation sites is 1. The van der Waals surface area contributed by atoms with E-state index in [1.807, 2.05) is 28.7 Å². The Bertz CT molecular complexity index is 3020. The van der Waals surface area contributed by atoms with E-state index in [0.29, 0.717) is 10.5 Å². The van der Waals surface area contributed by atoms with Crippen molar-refractivity contribution in [1.82, 2.24) is 4.57 Å². The molecule has 6 aromatic rings. The van der Waals surface area contributed by atoms with Crippen LogP contribution in [0.15, 0.2) is 65.5 Å². The van der Waals surface area contributed by atoms with Gasteiger partial charge in [-0.3, -0.25) is 14.2 Å². The van der Waals surface area contributed by atoms with Crippen LogP contribution in [0.4, 0.5) is 11.4 Å². The molecular weight excluding hydrogens is 983 g/mol. The van der Waals surface area contributed by atoms with Crippen LogP contribution in [0.5, 0.6) is 0 Å². The molecule has 4 aromatic heterocycles. The van der Waals surface area contributed by atoms with E-state index < -0.39 is 23.8 Å². The van der Waals surface area contributed by atoms with Gasteiger partial charge in [0.2, 0.25) is 0 Å². The third-order valence-electron chi connectivity index (χ3n) is 14.4. The van der Waals surface area contributed by atoms with Crippen molar-refractivity contribution >= 4 is 80.8 Å². The number of ether oxygens (including phenoxy) is 1. The Morgan fingerprint density at radius 1 is 0.712 bits per heavy atom. The summed E-state index contributed by atoms with van der Waals surface area (Å²) in [6.07, 6.45) is 25.6. The number of unbranched alkanes of at least 4 members (excludes halogenated alkanes) is 10. The summed E-state index contributed by atoms with van der Waals surface area (Å²) >= 11 is 6.48. The molecule has 8 nitrogen and oxygen atoms in total. The lowest BCUT2D eigenvalue weighted by Crippen LogP contribution is -2.33. The molecule has 0 amide bonds. The second kappa shape index (κ2) is 28.0. The molecule has 0 bridgehead atoms. The van der Waals surface area contributed by atoms with E-state index in [9.17, 15) is 24.8 Å². The third kappa shape index (κ3) is 14.0. The topological polar surface area (TPSA) is 113 Å². The summed E-state index contributed by atoms with van der Waals surface area (Å²) in [5.74, 6) is -0.802. The molecule has 0 saturated heterocycles. The Morgan fingerprint density at radius 3 is 1.93 bits per heavy atom. The molecule has 0 radical (unpaired) electrons. The van der Waals surface area contributed by atoms with Gasteiger partial charge in [0.1, 0.15) is 10.7 Å². The lowest BCUT2D eigenvalue weighted by Gasteiger charge is -2.31. The summed E-state index contributed by atoms with van der Waals surface area (Å²) in [6, 6.07) is 25.4. The molecule has 2 aromatic carbocycles. The summed E-state index contributed by atoms with van der Waals surface area (Å²) in [6.45, 7) is 12.2. The molecule has 1 N–H and O–H groups in total. The van der Waals surface area contributed by atoms with Gasteiger partial charge >= 0.3 is 5.97 Å². The number of thiazole rings is 1. The van der Waals surface area contributed by atoms with Crippen LogP contribution in [-0.4, -0.2) is 28.7 Å². The van der Waals surface area contributed by atoms with Crippen LogP contribution in [0.25, 0.3) is 41.6 Å². The van der Waals surface area contributed by atoms with Crippen molar-refractivity contribution in [2.45, 2.75) is 176 Å². The highest BCUT2D eigenvalue weighted by atomic mass is 32.1. The Hall–Kier alpha value is -5.06. The monoisotopic (exact) mass is 1060 g/mol. The van der Waals surface area contributed by atoms with Gasteiger partial charge in [-0.25, -0.2) is 4.79 Å². The van der Waals surface area contributed by atoms with Crippen molar-refractivity contribution in [2.24, 2.45) is 5.92 Å². The number of aryl methyl sites for hydroxylation is 5. The van der Waals surface area contributed by atoms with E-state index in [1.54, 1.807) is 17.4 Å². The van der Waals surface area contributed by atoms with Crippen LogP contribution >= 0.6 is 45.3 Å². The number of nitrogens with zero attached hydrogens (tertiary/aromatic N) is 3. The first-order valence-corrected chi connectivity index (χ1v) is 30.4. The van der Waals surface area contributed by atoms with Crippen LogP contribution in [0.2, 0.25) is 0 Å². The first-order valence-electron chi connectivity index (χ1n) is 27.2. The zero-order valence-corrected chi connectivity index (χ0v) is 47.1. The molecule has 73 heavy (non-hydrogen) atoms. The van der Waals surface area contributed by atoms with E-state index in [0.717, 1.165) is 104 Å². The fraction of sp³-hybridized carbons (Fsp3) is 0.475. The van der Waals surface area contributed by atoms with E-state index in [-0.39, 0.29) is 11.1 Å².